The number of nitrogens with one attached hydrogen (secondary N) is 1. The highest BCUT2D eigenvalue weighted by Crippen LogP contribution is 2.28. The van der Waals surface area contributed by atoms with Gasteiger partial charge in [0.15, 0.2) is 0 Å². The number of benzene rings is 1. The smallest absolute Gasteiger partial charge is 0.240 e. The van der Waals surface area contributed by atoms with E-state index in [-0.39, 0.29) is 10.3 Å². The first-order chi connectivity index (χ1) is 9.72. The molecule has 0 bridgehead atoms. The number of hydrogen-bond acceptors (Lipinski definition) is 4. The zero-order chi connectivity index (χ0) is 15.7. The normalized spacial score (nSPS) is 12.5. The Labute approximate surface area is 137 Å². The summed E-state index contributed by atoms with van der Waals surface area (Å²) in [6.07, 6.45) is 0. The molecule has 0 aliphatic rings. The van der Waals surface area contributed by atoms with E-state index < -0.39 is 10.0 Å². The predicted octanol–water partition coefficient (Wildman–Crippen LogP) is 3.35. The summed E-state index contributed by atoms with van der Waals surface area (Å²) in [5, 5.41) is 1.99. The summed E-state index contributed by atoms with van der Waals surface area (Å²) in [7, 11) is -3.55. The summed E-state index contributed by atoms with van der Waals surface area (Å²) < 4.78 is 27.9. The molecule has 0 radical (unpaired) electrons. The lowest BCUT2D eigenvalue weighted by molar-refractivity contribution is 0.509. The van der Waals surface area contributed by atoms with Gasteiger partial charge in [-0.15, -0.1) is 11.3 Å². The van der Waals surface area contributed by atoms with Gasteiger partial charge in [0.05, 0.1) is 4.90 Å². The minimum Gasteiger partial charge on any atom is -0.398 e. The van der Waals surface area contributed by atoms with E-state index in [1.807, 2.05) is 31.4 Å². The molecular weight excluding hydrogens is 372 g/mol. The first kappa shape index (κ1) is 16.5. The van der Waals surface area contributed by atoms with E-state index in [2.05, 4.69) is 20.7 Å². The SMILES string of the molecule is CC(C)(CNS(=O)(=O)c1ccc(N)c(Br)c1)c1cccs1. The van der Waals surface area contributed by atoms with Gasteiger partial charge in [0.1, 0.15) is 0 Å². The summed E-state index contributed by atoms with van der Waals surface area (Å²) in [6, 6.07) is 8.56. The van der Waals surface area contributed by atoms with Crippen LogP contribution < -0.4 is 10.5 Å². The Morgan fingerprint density at radius 2 is 2.05 bits per heavy atom. The van der Waals surface area contributed by atoms with E-state index in [1.165, 1.54) is 12.1 Å². The number of anilines is 1. The van der Waals surface area contributed by atoms with Crippen LogP contribution in [0.2, 0.25) is 0 Å². The van der Waals surface area contributed by atoms with Crippen molar-refractivity contribution in [3.8, 4) is 0 Å². The molecule has 0 saturated carbocycles. The van der Waals surface area contributed by atoms with E-state index in [0.717, 1.165) is 4.88 Å². The van der Waals surface area contributed by atoms with Gasteiger partial charge in [-0.3, -0.25) is 0 Å². The molecule has 1 heterocycles. The third-order valence-electron chi connectivity index (χ3n) is 3.17. The Bertz CT molecular complexity index is 725. The van der Waals surface area contributed by atoms with E-state index >= 15 is 0 Å². The van der Waals surface area contributed by atoms with E-state index in [0.29, 0.717) is 16.7 Å². The Morgan fingerprint density at radius 1 is 1.33 bits per heavy atom. The fourth-order valence-corrected chi connectivity index (χ4v) is 4.40. The second-order valence-corrected chi connectivity index (χ2v) is 8.94. The van der Waals surface area contributed by atoms with Crippen LogP contribution in [0.25, 0.3) is 0 Å². The molecule has 0 unspecified atom stereocenters. The molecule has 0 saturated heterocycles. The van der Waals surface area contributed by atoms with Crippen molar-refractivity contribution in [3.63, 3.8) is 0 Å². The van der Waals surface area contributed by atoms with Gasteiger partial charge >= 0.3 is 0 Å². The first-order valence-corrected chi connectivity index (χ1v) is 9.47. The van der Waals surface area contributed by atoms with E-state index in [4.69, 9.17) is 5.73 Å². The summed E-state index contributed by atoms with van der Waals surface area (Å²) in [4.78, 5) is 1.34. The van der Waals surface area contributed by atoms with Gasteiger partial charge in [-0.05, 0) is 45.6 Å². The van der Waals surface area contributed by atoms with Gasteiger partial charge in [0.25, 0.3) is 0 Å². The number of halogens is 1. The maximum absolute atomic E-state index is 12.3. The number of thiophene rings is 1. The van der Waals surface area contributed by atoms with Crippen molar-refractivity contribution in [2.75, 3.05) is 12.3 Å². The van der Waals surface area contributed by atoms with Gasteiger partial charge in [-0.25, -0.2) is 13.1 Å². The molecule has 2 rings (SSSR count). The maximum Gasteiger partial charge on any atom is 0.240 e. The topological polar surface area (TPSA) is 72.2 Å². The largest absolute Gasteiger partial charge is 0.398 e. The minimum atomic E-state index is -3.55. The van der Waals surface area contributed by atoms with Crippen molar-refractivity contribution in [2.24, 2.45) is 0 Å². The van der Waals surface area contributed by atoms with Crippen LogP contribution in [0, 0.1) is 0 Å². The van der Waals surface area contributed by atoms with Crippen LogP contribution in [0.4, 0.5) is 5.69 Å². The van der Waals surface area contributed by atoms with Gasteiger partial charge in [-0.2, -0.15) is 0 Å². The number of rotatable bonds is 5. The molecule has 0 atom stereocenters. The van der Waals surface area contributed by atoms with E-state index in [1.54, 1.807) is 17.4 Å². The van der Waals surface area contributed by atoms with Gasteiger partial charge in [0.2, 0.25) is 10.0 Å². The molecule has 21 heavy (non-hydrogen) atoms. The van der Waals surface area contributed by atoms with Crippen LogP contribution in [0.3, 0.4) is 0 Å². The van der Waals surface area contributed by atoms with Crippen molar-refractivity contribution in [2.45, 2.75) is 24.2 Å². The van der Waals surface area contributed by atoms with Crippen LogP contribution in [0.1, 0.15) is 18.7 Å². The molecule has 0 fully saturated rings. The molecule has 4 nitrogen and oxygen atoms in total. The highest BCUT2D eigenvalue weighted by atomic mass is 79.9. The number of sulfonamides is 1. The highest BCUT2D eigenvalue weighted by molar-refractivity contribution is 9.10. The zero-order valence-electron chi connectivity index (χ0n) is 11.8. The molecule has 2 aromatic rings. The van der Waals surface area contributed by atoms with Crippen molar-refractivity contribution in [1.29, 1.82) is 0 Å². The Morgan fingerprint density at radius 3 is 2.62 bits per heavy atom. The molecular formula is C14H17BrN2O2S2. The third kappa shape index (κ3) is 3.85. The number of nitrogen functional groups attached to an aromatic ring is 1. The van der Waals surface area contributed by atoms with Gasteiger partial charge in [-0.1, -0.05) is 19.9 Å². The second-order valence-electron chi connectivity index (χ2n) is 5.37. The molecule has 0 aliphatic heterocycles. The molecule has 0 amide bonds. The van der Waals surface area contributed by atoms with Gasteiger partial charge in [0, 0.05) is 27.0 Å². The predicted molar refractivity (Wildman–Crippen MR) is 91.1 cm³/mol. The second kappa shape index (κ2) is 6.08. The average molecular weight is 389 g/mol. The lowest BCUT2D eigenvalue weighted by atomic mass is 9.92. The lowest BCUT2D eigenvalue weighted by Gasteiger charge is -2.23. The van der Waals surface area contributed by atoms with Crippen LogP contribution in [0.5, 0.6) is 0 Å². The zero-order valence-corrected chi connectivity index (χ0v) is 15.0. The minimum absolute atomic E-state index is 0.200. The Balaban J connectivity index is 2.16. The van der Waals surface area contributed by atoms with Crippen LogP contribution in [0.15, 0.2) is 45.1 Å². The Kier molecular flexibility index (Phi) is 4.77. The molecule has 114 valence electrons. The fraction of sp³-hybridized carbons (Fsp3) is 0.286. The molecule has 3 N–H and O–H groups in total. The van der Waals surface area contributed by atoms with Crippen LogP contribution >= 0.6 is 27.3 Å². The summed E-state index contributed by atoms with van der Waals surface area (Å²) in [5.74, 6) is 0. The Hall–Kier alpha value is -0.890. The van der Waals surface area contributed by atoms with Crippen LogP contribution in [-0.2, 0) is 15.4 Å². The standard InChI is InChI=1S/C14H17BrN2O2S2/c1-14(2,13-4-3-7-20-13)9-17-21(18,19)10-5-6-12(16)11(15)8-10/h3-8,17H,9,16H2,1-2H3. The first-order valence-electron chi connectivity index (χ1n) is 6.31. The van der Waals surface area contributed by atoms with Crippen molar-refractivity contribution < 1.29 is 8.42 Å². The maximum atomic E-state index is 12.3. The third-order valence-corrected chi connectivity index (χ3v) is 6.50. The molecule has 0 spiro atoms. The highest BCUT2D eigenvalue weighted by Gasteiger charge is 2.25. The molecule has 1 aromatic heterocycles. The number of hydrogen-bond donors (Lipinski definition) is 2. The summed E-state index contributed by atoms with van der Waals surface area (Å²) in [6.45, 7) is 4.36. The van der Waals surface area contributed by atoms with Crippen LogP contribution in [-0.4, -0.2) is 15.0 Å². The molecule has 1 aromatic carbocycles. The lowest BCUT2D eigenvalue weighted by Crippen LogP contribution is -2.36. The average Bonchev–Trinajstić information content (AvgIpc) is 2.94. The molecule has 7 heteroatoms. The number of nitrogens with two attached hydrogens (primary N) is 1. The summed E-state index contributed by atoms with van der Waals surface area (Å²) >= 11 is 4.87. The van der Waals surface area contributed by atoms with Crippen molar-refractivity contribution in [1.82, 2.24) is 4.72 Å². The fourth-order valence-electron chi connectivity index (χ4n) is 1.78. The van der Waals surface area contributed by atoms with Crippen molar-refractivity contribution >= 4 is 43.0 Å². The quantitative estimate of drug-likeness (QED) is 0.771. The van der Waals surface area contributed by atoms with Crippen molar-refractivity contribution in [3.05, 3.63) is 45.1 Å². The monoisotopic (exact) mass is 388 g/mol. The molecule has 0 aliphatic carbocycles. The summed E-state index contributed by atoms with van der Waals surface area (Å²) in [5.41, 5.74) is 5.93. The van der Waals surface area contributed by atoms with E-state index in [9.17, 15) is 8.42 Å². The van der Waals surface area contributed by atoms with Gasteiger partial charge < -0.3 is 5.73 Å².